The molecular weight excluding hydrogens is 231 g/mol. The summed E-state index contributed by atoms with van der Waals surface area (Å²) in [6.45, 7) is 4.44. The normalized spacial score (nSPS) is 15.8. The van der Waals surface area contributed by atoms with E-state index in [1.165, 1.54) is 18.9 Å². The molecule has 0 bridgehead atoms. The van der Waals surface area contributed by atoms with Crippen molar-refractivity contribution in [1.29, 1.82) is 0 Å². The maximum Gasteiger partial charge on any atom is 0.165 e. The highest BCUT2D eigenvalue weighted by Crippen LogP contribution is 2.34. The van der Waals surface area contributed by atoms with Crippen LogP contribution in [0, 0.1) is 11.7 Å². The van der Waals surface area contributed by atoms with Crippen LogP contribution in [0.2, 0.25) is 0 Å². The van der Waals surface area contributed by atoms with Crippen LogP contribution in [0.1, 0.15) is 45.1 Å². The van der Waals surface area contributed by atoms with Crippen molar-refractivity contribution in [2.24, 2.45) is 5.92 Å². The molecule has 0 amide bonds. The summed E-state index contributed by atoms with van der Waals surface area (Å²) < 4.78 is 19.1. The van der Waals surface area contributed by atoms with Crippen molar-refractivity contribution in [3.8, 4) is 5.75 Å². The van der Waals surface area contributed by atoms with Crippen molar-refractivity contribution in [2.45, 2.75) is 45.1 Å². The first-order valence-electron chi connectivity index (χ1n) is 6.74. The van der Waals surface area contributed by atoms with Crippen LogP contribution in [0.15, 0.2) is 18.2 Å². The molecule has 0 unspecified atom stereocenters. The summed E-state index contributed by atoms with van der Waals surface area (Å²) in [7, 11) is 0. The molecule has 1 N–H and O–H groups in total. The Balaban J connectivity index is 2.18. The first-order chi connectivity index (χ1) is 8.59. The molecule has 1 aromatic rings. The number of benzene rings is 1. The zero-order valence-corrected chi connectivity index (χ0v) is 11.1. The minimum atomic E-state index is -0.884. The summed E-state index contributed by atoms with van der Waals surface area (Å²) in [6, 6.07) is 4.67. The summed E-state index contributed by atoms with van der Waals surface area (Å²) in [5.41, 5.74) is -0.148. The SMILES string of the molecule is CCC(O)(CC)c1ccc(F)c(OCC2CC2)c1. The molecule has 1 aliphatic carbocycles. The molecule has 0 radical (unpaired) electrons. The fourth-order valence-corrected chi connectivity index (χ4v) is 2.05. The van der Waals surface area contributed by atoms with Crippen molar-refractivity contribution < 1.29 is 14.2 Å². The second kappa shape index (κ2) is 5.27. The lowest BCUT2D eigenvalue weighted by Gasteiger charge is -2.26. The van der Waals surface area contributed by atoms with Gasteiger partial charge >= 0.3 is 0 Å². The summed E-state index contributed by atoms with van der Waals surface area (Å²) >= 11 is 0. The number of ether oxygens (including phenoxy) is 1. The Morgan fingerprint density at radius 3 is 2.56 bits per heavy atom. The summed E-state index contributed by atoms with van der Waals surface area (Å²) in [4.78, 5) is 0. The van der Waals surface area contributed by atoms with Gasteiger partial charge in [-0.15, -0.1) is 0 Å². The van der Waals surface area contributed by atoms with Gasteiger partial charge in [-0.05, 0) is 49.3 Å². The Hall–Kier alpha value is -1.09. The highest BCUT2D eigenvalue weighted by molar-refractivity contribution is 5.33. The van der Waals surface area contributed by atoms with Crippen LogP contribution in [0.25, 0.3) is 0 Å². The van der Waals surface area contributed by atoms with Crippen molar-refractivity contribution in [3.05, 3.63) is 29.6 Å². The summed E-state index contributed by atoms with van der Waals surface area (Å²) in [5, 5.41) is 10.4. The molecular formula is C15H21FO2. The minimum absolute atomic E-state index is 0.264. The molecule has 0 aliphatic heterocycles. The predicted octanol–water partition coefficient (Wildman–Crippen LogP) is 3.62. The van der Waals surface area contributed by atoms with E-state index in [-0.39, 0.29) is 11.6 Å². The van der Waals surface area contributed by atoms with Crippen LogP contribution in [0.5, 0.6) is 5.75 Å². The lowest BCUT2D eigenvalue weighted by molar-refractivity contribution is 0.0280. The van der Waals surface area contributed by atoms with Gasteiger partial charge in [-0.25, -0.2) is 4.39 Å². The monoisotopic (exact) mass is 252 g/mol. The van der Waals surface area contributed by atoms with E-state index in [1.54, 1.807) is 12.1 Å². The fraction of sp³-hybridized carbons (Fsp3) is 0.600. The Labute approximate surface area is 108 Å². The van der Waals surface area contributed by atoms with Gasteiger partial charge in [0, 0.05) is 0 Å². The second-order valence-corrected chi connectivity index (χ2v) is 5.14. The van der Waals surface area contributed by atoms with Gasteiger partial charge in [0.2, 0.25) is 0 Å². The lowest BCUT2D eigenvalue weighted by Crippen LogP contribution is -2.23. The van der Waals surface area contributed by atoms with Crippen molar-refractivity contribution >= 4 is 0 Å². The van der Waals surface area contributed by atoms with Crippen LogP contribution in [0.3, 0.4) is 0 Å². The maximum absolute atomic E-state index is 13.6. The van der Waals surface area contributed by atoms with E-state index in [1.807, 2.05) is 13.8 Å². The van der Waals surface area contributed by atoms with Crippen LogP contribution in [0.4, 0.5) is 4.39 Å². The molecule has 1 aromatic carbocycles. The van der Waals surface area contributed by atoms with Gasteiger partial charge in [0.1, 0.15) is 0 Å². The second-order valence-electron chi connectivity index (χ2n) is 5.14. The van der Waals surface area contributed by atoms with E-state index >= 15 is 0 Å². The molecule has 0 spiro atoms. The van der Waals surface area contributed by atoms with Crippen molar-refractivity contribution in [2.75, 3.05) is 6.61 Å². The Morgan fingerprint density at radius 2 is 2.00 bits per heavy atom. The van der Waals surface area contributed by atoms with Crippen LogP contribution < -0.4 is 4.74 Å². The molecule has 100 valence electrons. The highest BCUT2D eigenvalue weighted by Gasteiger charge is 2.27. The topological polar surface area (TPSA) is 29.5 Å². The third-order valence-corrected chi connectivity index (χ3v) is 3.81. The molecule has 0 atom stereocenters. The molecule has 1 aliphatic rings. The molecule has 0 aromatic heterocycles. The standard InChI is InChI=1S/C15H21FO2/c1-3-15(17,4-2)12-7-8-13(16)14(9-12)18-10-11-5-6-11/h7-9,11,17H,3-6,10H2,1-2H3. The zero-order valence-electron chi connectivity index (χ0n) is 11.1. The average molecular weight is 252 g/mol. The maximum atomic E-state index is 13.6. The van der Waals surface area contributed by atoms with Crippen LogP contribution >= 0.6 is 0 Å². The molecule has 1 fully saturated rings. The number of halogens is 1. The molecule has 3 heteroatoms. The number of hydrogen-bond donors (Lipinski definition) is 1. The van der Waals surface area contributed by atoms with E-state index in [9.17, 15) is 9.50 Å². The van der Waals surface area contributed by atoms with Crippen molar-refractivity contribution in [3.63, 3.8) is 0 Å². The molecule has 2 nitrogen and oxygen atoms in total. The van der Waals surface area contributed by atoms with Crippen molar-refractivity contribution in [1.82, 2.24) is 0 Å². The van der Waals surface area contributed by atoms with Gasteiger partial charge in [0.15, 0.2) is 11.6 Å². The first kappa shape index (κ1) is 13.3. The summed E-state index contributed by atoms with van der Waals surface area (Å²) in [6.07, 6.45) is 3.57. The van der Waals surface area contributed by atoms with Gasteiger partial charge < -0.3 is 9.84 Å². The Bertz CT molecular complexity index is 409. The van der Waals surface area contributed by atoms with Gasteiger partial charge in [-0.3, -0.25) is 0 Å². The molecule has 0 saturated heterocycles. The lowest BCUT2D eigenvalue weighted by atomic mass is 9.88. The minimum Gasteiger partial charge on any atom is -0.490 e. The average Bonchev–Trinajstić information content (AvgIpc) is 3.21. The van der Waals surface area contributed by atoms with E-state index in [4.69, 9.17) is 4.74 Å². The molecule has 0 heterocycles. The first-order valence-corrected chi connectivity index (χ1v) is 6.74. The van der Waals surface area contributed by atoms with E-state index in [0.717, 1.165) is 5.56 Å². The number of aliphatic hydroxyl groups is 1. The van der Waals surface area contributed by atoms with E-state index in [0.29, 0.717) is 25.4 Å². The van der Waals surface area contributed by atoms with Gasteiger partial charge in [0.05, 0.1) is 12.2 Å². The van der Waals surface area contributed by atoms with E-state index < -0.39 is 5.60 Å². The van der Waals surface area contributed by atoms with Crippen LogP contribution in [-0.2, 0) is 5.60 Å². The third kappa shape index (κ3) is 2.83. The third-order valence-electron chi connectivity index (χ3n) is 3.81. The smallest absolute Gasteiger partial charge is 0.165 e. The molecule has 1 saturated carbocycles. The molecule has 2 rings (SSSR count). The zero-order chi connectivity index (χ0) is 13.2. The van der Waals surface area contributed by atoms with Crippen LogP contribution in [-0.4, -0.2) is 11.7 Å². The van der Waals surface area contributed by atoms with E-state index in [2.05, 4.69) is 0 Å². The highest BCUT2D eigenvalue weighted by atomic mass is 19.1. The summed E-state index contributed by atoms with van der Waals surface area (Å²) in [5.74, 6) is 0.498. The largest absolute Gasteiger partial charge is 0.490 e. The quantitative estimate of drug-likeness (QED) is 0.838. The Morgan fingerprint density at radius 1 is 1.33 bits per heavy atom. The molecule has 18 heavy (non-hydrogen) atoms. The predicted molar refractivity (Wildman–Crippen MR) is 69.1 cm³/mol. The fourth-order valence-electron chi connectivity index (χ4n) is 2.05. The number of rotatable bonds is 6. The van der Waals surface area contributed by atoms with Gasteiger partial charge in [-0.2, -0.15) is 0 Å². The van der Waals surface area contributed by atoms with Gasteiger partial charge in [0.25, 0.3) is 0 Å². The number of hydrogen-bond acceptors (Lipinski definition) is 2. The Kier molecular flexibility index (Phi) is 3.91. The van der Waals surface area contributed by atoms with Gasteiger partial charge in [-0.1, -0.05) is 19.9 Å².